The van der Waals surface area contributed by atoms with Crippen LogP contribution in [-0.2, 0) is 34.5 Å². The van der Waals surface area contributed by atoms with E-state index in [4.69, 9.17) is 4.98 Å². The van der Waals surface area contributed by atoms with Gasteiger partial charge in [0.05, 0.1) is 29.1 Å². The number of nitrogens with one attached hydrogen (secondary N) is 1. The van der Waals surface area contributed by atoms with Crippen LogP contribution in [0.4, 0.5) is 13.2 Å². The average Bonchev–Trinajstić information content (AvgIpc) is 3.57. The minimum Gasteiger partial charge on any atom is -0.383 e. The predicted octanol–water partition coefficient (Wildman–Crippen LogP) is 2.74. The van der Waals surface area contributed by atoms with E-state index in [-0.39, 0.29) is 31.2 Å². The van der Waals surface area contributed by atoms with E-state index in [0.717, 1.165) is 30.5 Å². The summed E-state index contributed by atoms with van der Waals surface area (Å²) in [5, 5.41) is 14.2. The van der Waals surface area contributed by atoms with Gasteiger partial charge in [-0.2, -0.15) is 13.2 Å². The van der Waals surface area contributed by atoms with Crippen LogP contribution in [0.3, 0.4) is 0 Å². The van der Waals surface area contributed by atoms with E-state index in [1.165, 1.54) is 17.0 Å². The lowest BCUT2D eigenvalue weighted by atomic mass is 9.75. The number of fused-ring (bicyclic) bond motifs is 1. The Morgan fingerprint density at radius 1 is 1.05 bits per heavy atom. The Bertz CT molecular complexity index is 1320. The van der Waals surface area contributed by atoms with Crippen LogP contribution in [0, 0.1) is 5.41 Å². The number of halogens is 3. The number of piperidine rings is 2. The molecule has 1 saturated carbocycles. The molecule has 2 atom stereocenters. The van der Waals surface area contributed by atoms with Crippen molar-refractivity contribution in [1.82, 2.24) is 20.1 Å². The quantitative estimate of drug-likeness (QED) is 0.592. The van der Waals surface area contributed by atoms with Gasteiger partial charge in [-0.1, -0.05) is 12.1 Å². The van der Waals surface area contributed by atoms with E-state index in [9.17, 15) is 32.7 Å². The number of aromatic nitrogens is 1. The maximum absolute atomic E-state index is 13.0. The second-order valence-electron chi connectivity index (χ2n) is 10.9. The lowest BCUT2D eigenvalue weighted by molar-refractivity contribution is -0.138. The van der Waals surface area contributed by atoms with E-state index in [1.54, 1.807) is 12.1 Å². The molecule has 2 N–H and O–H groups in total. The van der Waals surface area contributed by atoms with Gasteiger partial charge >= 0.3 is 6.18 Å². The molecule has 3 amide bonds. The number of amides is 3. The molecule has 4 aliphatic rings. The van der Waals surface area contributed by atoms with E-state index in [0.29, 0.717) is 43.0 Å². The largest absolute Gasteiger partial charge is 0.416 e. The first kappa shape index (κ1) is 25.0. The third-order valence-electron chi connectivity index (χ3n) is 8.53. The fourth-order valence-electron chi connectivity index (χ4n) is 6.20. The molecule has 1 aromatic carbocycles. The summed E-state index contributed by atoms with van der Waals surface area (Å²) in [5.41, 5.74) is -0.0954. The summed E-state index contributed by atoms with van der Waals surface area (Å²) in [7, 11) is 0. The topological polar surface area (TPSA) is 103 Å². The molecule has 8 nitrogen and oxygen atoms in total. The average molecular weight is 529 g/mol. The van der Waals surface area contributed by atoms with Gasteiger partial charge in [-0.05, 0) is 55.5 Å². The Kier molecular flexibility index (Phi) is 5.66. The van der Waals surface area contributed by atoms with Crippen molar-refractivity contribution in [1.29, 1.82) is 0 Å². The highest BCUT2D eigenvalue weighted by molar-refractivity contribution is 6.05. The van der Waals surface area contributed by atoms with Gasteiger partial charge < -0.3 is 10.0 Å². The number of aliphatic hydroxyl groups is 1. The van der Waals surface area contributed by atoms with Crippen LogP contribution in [0.2, 0.25) is 0 Å². The van der Waals surface area contributed by atoms with Gasteiger partial charge in [0.2, 0.25) is 11.8 Å². The zero-order valence-corrected chi connectivity index (χ0v) is 20.6. The smallest absolute Gasteiger partial charge is 0.383 e. The molecule has 2 aromatic rings. The number of hydrogen-bond donors (Lipinski definition) is 2. The number of carbonyl (C=O) groups excluding carboxylic acids is 3. The highest BCUT2D eigenvalue weighted by Crippen LogP contribution is 2.61. The van der Waals surface area contributed by atoms with Crippen molar-refractivity contribution in [3.05, 3.63) is 64.5 Å². The number of hydrogen-bond acceptors (Lipinski definition) is 6. The van der Waals surface area contributed by atoms with E-state index in [1.807, 2.05) is 0 Å². The van der Waals surface area contributed by atoms with Gasteiger partial charge in [0.15, 0.2) is 0 Å². The fraction of sp³-hybridized carbons (Fsp3) is 0.481. The van der Waals surface area contributed by atoms with Crippen LogP contribution >= 0.6 is 0 Å². The lowest BCUT2D eigenvalue weighted by Gasteiger charge is -2.45. The Morgan fingerprint density at radius 2 is 1.79 bits per heavy atom. The molecule has 0 bridgehead atoms. The summed E-state index contributed by atoms with van der Waals surface area (Å²) < 4.78 is 38.7. The van der Waals surface area contributed by atoms with Crippen molar-refractivity contribution in [3.63, 3.8) is 0 Å². The maximum atomic E-state index is 13.0. The van der Waals surface area contributed by atoms with Crippen molar-refractivity contribution in [2.75, 3.05) is 13.1 Å². The number of alkyl halides is 3. The number of likely N-dealkylation sites (tertiary alicyclic amines) is 1. The lowest BCUT2D eigenvalue weighted by Crippen LogP contribution is -2.52. The number of carbonyl (C=O) groups is 3. The molecule has 2 saturated heterocycles. The van der Waals surface area contributed by atoms with E-state index in [2.05, 4.69) is 10.2 Å². The van der Waals surface area contributed by atoms with Gasteiger partial charge in [0.25, 0.3) is 5.91 Å². The SMILES string of the molecule is O=C1CC[C@H](N2Cc3nc([C@@]4(O)CCN(Cc5ccc(C(F)(F)F)cc5)CC45CC5)ccc3C2=O)C(=O)N1. The summed E-state index contributed by atoms with van der Waals surface area (Å²) in [6, 6.07) is 7.80. The molecule has 3 aliphatic heterocycles. The zero-order chi connectivity index (χ0) is 26.9. The van der Waals surface area contributed by atoms with Crippen LogP contribution in [0.5, 0.6) is 0 Å². The van der Waals surface area contributed by atoms with Gasteiger partial charge in [-0.3, -0.25) is 29.6 Å². The van der Waals surface area contributed by atoms with Crippen LogP contribution in [0.15, 0.2) is 36.4 Å². The monoisotopic (exact) mass is 528 g/mol. The molecule has 1 spiro atoms. The molecular formula is C27H27F3N4O4. The van der Waals surface area contributed by atoms with Gasteiger partial charge in [-0.25, -0.2) is 0 Å². The third kappa shape index (κ3) is 4.08. The molecular weight excluding hydrogens is 501 g/mol. The molecule has 1 aromatic heterocycles. The Morgan fingerprint density at radius 3 is 2.45 bits per heavy atom. The van der Waals surface area contributed by atoms with Crippen molar-refractivity contribution in [2.45, 2.75) is 63.0 Å². The minimum absolute atomic E-state index is 0.136. The summed E-state index contributed by atoms with van der Waals surface area (Å²) >= 11 is 0. The standard InChI is InChI=1S/C27H27F3N4O4/c28-27(29,30)17-3-1-16(2-4-17)13-33-12-11-26(38,25(15-33)9-10-25)21-7-5-18-19(31-21)14-34(24(18)37)20-6-8-22(35)32-23(20)36/h1-5,7,20,38H,6,8-15H2,(H,32,35,36)/t20-,26-/m0/s1. The van der Waals surface area contributed by atoms with E-state index < -0.39 is 34.7 Å². The van der Waals surface area contributed by atoms with Gasteiger partial charge in [-0.15, -0.1) is 0 Å². The maximum Gasteiger partial charge on any atom is 0.416 e. The number of imide groups is 1. The molecule has 38 heavy (non-hydrogen) atoms. The Labute approximate surface area is 216 Å². The first-order valence-corrected chi connectivity index (χ1v) is 12.8. The molecule has 4 heterocycles. The number of benzene rings is 1. The molecule has 1 aliphatic carbocycles. The first-order chi connectivity index (χ1) is 18.0. The summed E-state index contributed by atoms with van der Waals surface area (Å²) in [6.45, 7) is 1.75. The molecule has 3 fully saturated rings. The normalized spacial score (nSPS) is 27.0. The van der Waals surface area contributed by atoms with Crippen molar-refractivity contribution < 1.29 is 32.7 Å². The molecule has 11 heteroatoms. The minimum atomic E-state index is -4.37. The van der Waals surface area contributed by atoms with Crippen LogP contribution in [-0.4, -0.2) is 56.7 Å². The molecule has 200 valence electrons. The van der Waals surface area contributed by atoms with Crippen molar-refractivity contribution >= 4 is 17.7 Å². The first-order valence-electron chi connectivity index (χ1n) is 12.8. The van der Waals surface area contributed by atoms with E-state index >= 15 is 0 Å². The second-order valence-corrected chi connectivity index (χ2v) is 10.9. The van der Waals surface area contributed by atoms with Gasteiger partial charge in [0.1, 0.15) is 11.6 Å². The van der Waals surface area contributed by atoms with Crippen LogP contribution in [0.1, 0.15) is 65.0 Å². The zero-order valence-electron chi connectivity index (χ0n) is 20.6. The Balaban J connectivity index is 1.18. The number of rotatable bonds is 4. The number of nitrogens with zero attached hydrogens (tertiary/aromatic N) is 3. The molecule has 6 rings (SSSR count). The van der Waals surface area contributed by atoms with Crippen LogP contribution < -0.4 is 5.32 Å². The molecule has 0 radical (unpaired) electrons. The third-order valence-corrected chi connectivity index (χ3v) is 8.53. The van der Waals surface area contributed by atoms with Crippen LogP contribution in [0.25, 0.3) is 0 Å². The Hall–Kier alpha value is -3.31. The second kappa shape index (κ2) is 8.60. The highest BCUT2D eigenvalue weighted by Gasteiger charge is 2.62. The number of pyridine rings is 1. The highest BCUT2D eigenvalue weighted by atomic mass is 19.4. The fourth-order valence-corrected chi connectivity index (χ4v) is 6.20. The van der Waals surface area contributed by atoms with Crippen molar-refractivity contribution in [2.24, 2.45) is 5.41 Å². The molecule has 0 unspecified atom stereocenters. The predicted molar refractivity (Wildman–Crippen MR) is 127 cm³/mol. The summed E-state index contributed by atoms with van der Waals surface area (Å²) in [5.74, 6) is -1.15. The van der Waals surface area contributed by atoms with Crippen molar-refractivity contribution in [3.8, 4) is 0 Å². The summed E-state index contributed by atoms with van der Waals surface area (Å²) in [4.78, 5) is 45.2. The summed E-state index contributed by atoms with van der Waals surface area (Å²) in [6.07, 6.45) is -1.94. The van der Waals surface area contributed by atoms with Gasteiger partial charge in [0, 0.05) is 31.5 Å².